The van der Waals surface area contributed by atoms with Crippen LogP contribution in [0.15, 0.2) is 18.2 Å². The van der Waals surface area contributed by atoms with Gasteiger partial charge in [-0.2, -0.15) is 13.2 Å². The number of hydrogen-bond donors (Lipinski definition) is 3. The first kappa shape index (κ1) is 20.5. The summed E-state index contributed by atoms with van der Waals surface area (Å²) in [6.07, 6.45) is -4.58. The highest BCUT2D eigenvalue weighted by molar-refractivity contribution is 5.97. The molecular formula is C16H19F3N2O4. The van der Waals surface area contributed by atoms with Crippen LogP contribution in [-0.2, 0) is 15.8 Å². The number of carboxylic acid groups (broad SMARTS) is 1. The quantitative estimate of drug-likeness (QED) is 0.727. The highest BCUT2D eigenvalue weighted by Crippen LogP contribution is 2.32. The number of benzene rings is 1. The number of anilines is 1. The Labute approximate surface area is 142 Å². The molecule has 0 bridgehead atoms. The number of rotatable bonds is 6. The molecule has 0 atom stereocenters. The fraction of sp³-hybridized carbons (Fsp3) is 0.438. The van der Waals surface area contributed by atoms with Crippen molar-refractivity contribution in [1.82, 2.24) is 5.32 Å². The highest BCUT2D eigenvalue weighted by Gasteiger charge is 2.32. The molecule has 138 valence electrons. The molecule has 0 radical (unpaired) electrons. The van der Waals surface area contributed by atoms with Gasteiger partial charge in [0.15, 0.2) is 0 Å². The molecule has 0 fully saturated rings. The summed E-state index contributed by atoms with van der Waals surface area (Å²) in [5.41, 5.74) is -2.59. The van der Waals surface area contributed by atoms with Gasteiger partial charge in [-0.1, -0.05) is 0 Å². The zero-order chi connectivity index (χ0) is 19.4. The lowest BCUT2D eigenvalue weighted by Crippen LogP contribution is -2.32. The van der Waals surface area contributed by atoms with Gasteiger partial charge in [-0.05, 0) is 38.5 Å². The molecule has 0 spiro atoms. The topological polar surface area (TPSA) is 95.5 Å². The maximum Gasteiger partial charge on any atom is 0.416 e. The third-order valence-electron chi connectivity index (χ3n) is 3.46. The standard InChI is InChI=1S/C16H19F3N2O4/c1-9(22)21-12-7-10(6-11(8-12)16(17,18)19)13(23)20-5-4-15(2,3)14(24)25/h6-8H,4-5H2,1-3H3,(H,20,23)(H,21,22)(H,24,25). The number of aliphatic carboxylic acids is 1. The Balaban J connectivity index is 2.96. The summed E-state index contributed by atoms with van der Waals surface area (Å²) >= 11 is 0. The van der Waals surface area contributed by atoms with E-state index in [1.165, 1.54) is 13.8 Å². The Morgan fingerprint density at radius 2 is 1.72 bits per heavy atom. The van der Waals surface area contributed by atoms with Gasteiger partial charge in [0.1, 0.15) is 0 Å². The van der Waals surface area contributed by atoms with E-state index in [9.17, 15) is 27.6 Å². The SMILES string of the molecule is CC(=O)Nc1cc(C(=O)NCCC(C)(C)C(=O)O)cc(C(F)(F)F)c1. The van der Waals surface area contributed by atoms with Crippen molar-refractivity contribution < 1.29 is 32.7 Å². The molecule has 0 aliphatic rings. The number of hydrogen-bond acceptors (Lipinski definition) is 3. The minimum Gasteiger partial charge on any atom is -0.481 e. The number of alkyl halides is 3. The molecule has 0 saturated carbocycles. The molecule has 0 aromatic heterocycles. The van der Waals surface area contributed by atoms with Crippen LogP contribution < -0.4 is 10.6 Å². The summed E-state index contributed by atoms with van der Waals surface area (Å²) in [6, 6.07) is 2.52. The number of nitrogens with one attached hydrogen (secondary N) is 2. The molecule has 0 heterocycles. The first-order valence-corrected chi connectivity index (χ1v) is 7.34. The lowest BCUT2D eigenvalue weighted by atomic mass is 9.89. The summed E-state index contributed by atoms with van der Waals surface area (Å²) in [5, 5.41) is 13.6. The molecule has 1 aromatic rings. The normalized spacial score (nSPS) is 11.8. The molecule has 1 rings (SSSR count). The Bertz CT molecular complexity index is 684. The van der Waals surface area contributed by atoms with E-state index < -0.39 is 34.9 Å². The van der Waals surface area contributed by atoms with E-state index in [0.29, 0.717) is 6.07 Å². The predicted octanol–water partition coefficient (Wildman–Crippen LogP) is 2.89. The van der Waals surface area contributed by atoms with Crippen LogP contribution in [-0.4, -0.2) is 29.4 Å². The molecular weight excluding hydrogens is 341 g/mol. The van der Waals surface area contributed by atoms with Crippen molar-refractivity contribution >= 4 is 23.5 Å². The molecule has 0 saturated heterocycles. The summed E-state index contributed by atoms with van der Waals surface area (Å²) in [4.78, 5) is 34.1. The Morgan fingerprint density at radius 1 is 1.12 bits per heavy atom. The summed E-state index contributed by atoms with van der Waals surface area (Å²) in [6.45, 7) is 4.05. The van der Waals surface area contributed by atoms with Crippen LogP contribution in [0.3, 0.4) is 0 Å². The van der Waals surface area contributed by atoms with E-state index >= 15 is 0 Å². The molecule has 0 aliphatic carbocycles. The maximum absolute atomic E-state index is 12.9. The number of halogens is 3. The molecule has 3 N–H and O–H groups in total. The fourth-order valence-electron chi connectivity index (χ4n) is 1.90. The molecule has 1 aromatic carbocycles. The van der Waals surface area contributed by atoms with Gasteiger partial charge in [-0.3, -0.25) is 14.4 Å². The van der Waals surface area contributed by atoms with Crippen LogP contribution in [0.4, 0.5) is 18.9 Å². The van der Waals surface area contributed by atoms with E-state index in [-0.39, 0.29) is 24.2 Å². The Hall–Kier alpha value is -2.58. The summed E-state index contributed by atoms with van der Waals surface area (Å²) in [7, 11) is 0. The van der Waals surface area contributed by atoms with Crippen molar-refractivity contribution in [3.8, 4) is 0 Å². The van der Waals surface area contributed by atoms with Crippen molar-refractivity contribution in [2.75, 3.05) is 11.9 Å². The van der Waals surface area contributed by atoms with Gasteiger partial charge in [0.25, 0.3) is 5.91 Å². The van der Waals surface area contributed by atoms with Gasteiger partial charge >= 0.3 is 12.1 Å². The van der Waals surface area contributed by atoms with E-state index in [0.717, 1.165) is 19.1 Å². The van der Waals surface area contributed by atoms with Gasteiger partial charge < -0.3 is 15.7 Å². The Kier molecular flexibility index (Phi) is 6.17. The lowest BCUT2D eigenvalue weighted by molar-refractivity contribution is -0.147. The van der Waals surface area contributed by atoms with E-state index in [4.69, 9.17) is 5.11 Å². The van der Waals surface area contributed by atoms with Crippen molar-refractivity contribution in [3.05, 3.63) is 29.3 Å². The number of carbonyl (C=O) groups excluding carboxylic acids is 2. The molecule has 0 unspecified atom stereocenters. The minimum atomic E-state index is -4.69. The van der Waals surface area contributed by atoms with Crippen LogP contribution >= 0.6 is 0 Å². The zero-order valence-electron chi connectivity index (χ0n) is 14.0. The largest absolute Gasteiger partial charge is 0.481 e. The average Bonchev–Trinajstić information content (AvgIpc) is 2.44. The minimum absolute atomic E-state index is 0.0240. The van der Waals surface area contributed by atoms with Gasteiger partial charge in [0.2, 0.25) is 5.91 Å². The lowest BCUT2D eigenvalue weighted by Gasteiger charge is -2.19. The number of carbonyl (C=O) groups is 3. The molecule has 9 heteroatoms. The monoisotopic (exact) mass is 360 g/mol. The van der Waals surface area contributed by atoms with Crippen LogP contribution in [0.5, 0.6) is 0 Å². The third kappa shape index (κ3) is 6.09. The zero-order valence-corrected chi connectivity index (χ0v) is 14.0. The van der Waals surface area contributed by atoms with Crippen LogP contribution in [0, 0.1) is 5.41 Å². The highest BCUT2D eigenvalue weighted by atomic mass is 19.4. The smallest absolute Gasteiger partial charge is 0.416 e. The van der Waals surface area contributed by atoms with Gasteiger partial charge in [0.05, 0.1) is 11.0 Å². The van der Waals surface area contributed by atoms with E-state index in [1.54, 1.807) is 0 Å². The third-order valence-corrected chi connectivity index (χ3v) is 3.46. The Morgan fingerprint density at radius 3 is 2.20 bits per heavy atom. The number of amides is 2. The van der Waals surface area contributed by atoms with Crippen molar-refractivity contribution in [2.45, 2.75) is 33.4 Å². The van der Waals surface area contributed by atoms with Crippen molar-refractivity contribution in [1.29, 1.82) is 0 Å². The second kappa shape index (κ2) is 7.54. The predicted molar refractivity (Wildman–Crippen MR) is 84.1 cm³/mol. The van der Waals surface area contributed by atoms with Crippen LogP contribution in [0.2, 0.25) is 0 Å². The second-order valence-electron chi connectivity index (χ2n) is 6.17. The fourth-order valence-corrected chi connectivity index (χ4v) is 1.90. The van der Waals surface area contributed by atoms with E-state index in [1.807, 2.05) is 0 Å². The van der Waals surface area contributed by atoms with Crippen LogP contribution in [0.25, 0.3) is 0 Å². The molecule has 25 heavy (non-hydrogen) atoms. The molecule has 0 aliphatic heterocycles. The van der Waals surface area contributed by atoms with E-state index in [2.05, 4.69) is 10.6 Å². The molecule has 6 nitrogen and oxygen atoms in total. The summed E-state index contributed by atoms with van der Waals surface area (Å²) in [5.74, 6) is -2.42. The van der Waals surface area contributed by atoms with Crippen molar-refractivity contribution in [3.63, 3.8) is 0 Å². The first-order chi connectivity index (χ1) is 11.3. The molecule has 2 amide bonds. The average molecular weight is 360 g/mol. The number of carboxylic acids is 1. The second-order valence-corrected chi connectivity index (χ2v) is 6.17. The van der Waals surface area contributed by atoms with Crippen molar-refractivity contribution in [2.24, 2.45) is 5.41 Å². The van der Waals surface area contributed by atoms with Gasteiger partial charge in [-0.15, -0.1) is 0 Å². The maximum atomic E-state index is 12.9. The summed E-state index contributed by atoms with van der Waals surface area (Å²) < 4.78 is 38.8. The van der Waals surface area contributed by atoms with Crippen LogP contribution in [0.1, 0.15) is 43.1 Å². The van der Waals surface area contributed by atoms with Gasteiger partial charge in [0, 0.05) is 24.7 Å². The van der Waals surface area contributed by atoms with Gasteiger partial charge in [-0.25, -0.2) is 0 Å². The first-order valence-electron chi connectivity index (χ1n) is 7.34.